The van der Waals surface area contributed by atoms with Crippen molar-refractivity contribution in [3.05, 3.63) is 29.7 Å². The van der Waals surface area contributed by atoms with Gasteiger partial charge in [-0.25, -0.2) is 9.67 Å². The van der Waals surface area contributed by atoms with Gasteiger partial charge in [-0.15, -0.1) is 0 Å². The predicted octanol–water partition coefficient (Wildman–Crippen LogP) is 2.37. The van der Waals surface area contributed by atoms with Crippen molar-refractivity contribution in [2.75, 3.05) is 6.61 Å². The number of pyridine rings is 1. The zero-order valence-corrected chi connectivity index (χ0v) is 13.2. The van der Waals surface area contributed by atoms with E-state index in [-0.39, 0.29) is 18.2 Å². The Labute approximate surface area is 144 Å². The molecule has 1 aliphatic heterocycles. The number of nitrogens with two attached hydrogens (primary N) is 1. The third-order valence-corrected chi connectivity index (χ3v) is 3.85. The Hall–Kier alpha value is -2.69. The Morgan fingerprint density at radius 1 is 1.42 bits per heavy atom. The normalized spacial score (nSPS) is 16.6. The van der Waals surface area contributed by atoms with Gasteiger partial charge in [-0.1, -0.05) is 0 Å². The summed E-state index contributed by atoms with van der Waals surface area (Å²) in [4.78, 5) is 15.5. The van der Waals surface area contributed by atoms with Gasteiger partial charge in [0, 0.05) is 17.3 Å². The molecule has 0 fully saturated rings. The molecule has 2 N–H and O–H groups in total. The molecule has 0 spiro atoms. The van der Waals surface area contributed by atoms with Gasteiger partial charge in [0.1, 0.15) is 11.8 Å². The number of rotatable bonds is 6. The van der Waals surface area contributed by atoms with E-state index in [0.717, 1.165) is 6.20 Å². The molecule has 7 nitrogen and oxygen atoms in total. The van der Waals surface area contributed by atoms with Crippen molar-refractivity contribution in [3.8, 4) is 17.0 Å². The summed E-state index contributed by atoms with van der Waals surface area (Å²) in [6.07, 6.45) is 2.39. The largest absolute Gasteiger partial charge is 0.472 e. The van der Waals surface area contributed by atoms with E-state index >= 15 is 0 Å². The van der Waals surface area contributed by atoms with Crippen LogP contribution < -0.4 is 10.5 Å². The second-order valence-electron chi connectivity index (χ2n) is 5.56. The highest BCUT2D eigenvalue weighted by Crippen LogP contribution is 2.35. The zero-order valence-electron chi connectivity index (χ0n) is 13.2. The quantitative estimate of drug-likeness (QED) is 0.784. The van der Waals surface area contributed by atoms with Gasteiger partial charge < -0.3 is 15.2 Å². The lowest BCUT2D eigenvalue weighted by Crippen LogP contribution is -2.30. The SMILES string of the molecule is NC(=O)c1cc(-c2cnn(C(F)F)c2)c2c(n1)O[C@@H](COC(F)F)CC2. The maximum atomic E-state index is 12.8. The number of alkyl halides is 4. The van der Waals surface area contributed by atoms with Crippen molar-refractivity contribution in [2.24, 2.45) is 5.73 Å². The Balaban J connectivity index is 1.96. The summed E-state index contributed by atoms with van der Waals surface area (Å²) in [5, 5.41) is 3.57. The number of amides is 1. The highest BCUT2D eigenvalue weighted by atomic mass is 19.3. The average Bonchev–Trinajstić information content (AvgIpc) is 3.08. The van der Waals surface area contributed by atoms with E-state index in [0.29, 0.717) is 34.2 Å². The molecule has 1 amide bonds. The van der Waals surface area contributed by atoms with Crippen LogP contribution in [0.3, 0.4) is 0 Å². The van der Waals surface area contributed by atoms with Crippen LogP contribution in [0.25, 0.3) is 11.1 Å². The third-order valence-electron chi connectivity index (χ3n) is 3.85. The van der Waals surface area contributed by atoms with E-state index in [2.05, 4.69) is 14.8 Å². The van der Waals surface area contributed by atoms with Crippen molar-refractivity contribution in [2.45, 2.75) is 32.1 Å². The number of nitrogens with zero attached hydrogens (tertiary/aromatic N) is 3. The molecule has 1 atom stereocenters. The van der Waals surface area contributed by atoms with E-state index in [1.54, 1.807) is 0 Å². The summed E-state index contributed by atoms with van der Waals surface area (Å²) in [5.41, 5.74) is 6.42. The van der Waals surface area contributed by atoms with Gasteiger partial charge in [-0.05, 0) is 24.5 Å². The first-order valence-electron chi connectivity index (χ1n) is 7.58. The summed E-state index contributed by atoms with van der Waals surface area (Å²) >= 11 is 0. The molecule has 0 saturated carbocycles. The first kappa shape index (κ1) is 18.1. The van der Waals surface area contributed by atoms with Crippen LogP contribution in [0.4, 0.5) is 17.6 Å². The molecular formula is C15H14F4N4O3. The van der Waals surface area contributed by atoms with E-state index in [1.165, 1.54) is 12.3 Å². The van der Waals surface area contributed by atoms with Gasteiger partial charge in [0.05, 0.1) is 12.8 Å². The highest BCUT2D eigenvalue weighted by molar-refractivity contribution is 5.92. The molecule has 140 valence electrons. The molecule has 2 aromatic rings. The summed E-state index contributed by atoms with van der Waals surface area (Å²) in [6.45, 7) is -6.09. The zero-order chi connectivity index (χ0) is 18.8. The van der Waals surface area contributed by atoms with Gasteiger partial charge in [-0.2, -0.15) is 22.7 Å². The Kier molecular flexibility index (Phi) is 5.07. The van der Waals surface area contributed by atoms with E-state index < -0.39 is 25.2 Å². The summed E-state index contributed by atoms with van der Waals surface area (Å²) in [7, 11) is 0. The van der Waals surface area contributed by atoms with Gasteiger partial charge in [0.2, 0.25) is 5.88 Å². The molecule has 0 unspecified atom stereocenters. The van der Waals surface area contributed by atoms with Crippen LogP contribution in [0.2, 0.25) is 0 Å². The molecule has 11 heteroatoms. The van der Waals surface area contributed by atoms with Crippen LogP contribution in [0, 0.1) is 0 Å². The molecule has 0 bridgehead atoms. The molecule has 0 radical (unpaired) electrons. The van der Waals surface area contributed by atoms with Gasteiger partial charge in [0.25, 0.3) is 5.91 Å². The number of halogens is 4. The monoisotopic (exact) mass is 374 g/mol. The van der Waals surface area contributed by atoms with Crippen LogP contribution in [0.15, 0.2) is 18.5 Å². The number of carbonyl (C=O) groups is 1. The molecule has 1 aliphatic rings. The fourth-order valence-electron chi connectivity index (χ4n) is 2.67. The van der Waals surface area contributed by atoms with Crippen molar-refractivity contribution in [3.63, 3.8) is 0 Å². The number of hydrogen-bond acceptors (Lipinski definition) is 5. The molecule has 3 rings (SSSR count). The lowest BCUT2D eigenvalue weighted by Gasteiger charge is -2.26. The summed E-state index contributed by atoms with van der Waals surface area (Å²) < 4.78 is 60.1. The number of hydrogen-bond donors (Lipinski definition) is 1. The Morgan fingerprint density at radius 3 is 2.81 bits per heavy atom. The number of carbonyl (C=O) groups excluding carboxylic acids is 1. The maximum Gasteiger partial charge on any atom is 0.345 e. The fourth-order valence-corrected chi connectivity index (χ4v) is 2.67. The van der Waals surface area contributed by atoms with Crippen molar-refractivity contribution >= 4 is 5.91 Å². The van der Waals surface area contributed by atoms with E-state index in [4.69, 9.17) is 10.5 Å². The van der Waals surface area contributed by atoms with Crippen LogP contribution in [-0.4, -0.2) is 40.0 Å². The lowest BCUT2D eigenvalue weighted by molar-refractivity contribution is -0.146. The standard InChI is InChI=1S/C15H14F4N4O3/c16-14(17)23-5-7(4-21-23)10-3-11(12(20)24)22-13-9(10)2-1-8(26-13)6-25-15(18)19/h3-5,8,14-15H,1-2,6H2,(H2,20,24)/t8-/m1/s1. The van der Waals surface area contributed by atoms with Crippen LogP contribution in [-0.2, 0) is 11.2 Å². The molecule has 2 aromatic heterocycles. The Bertz CT molecular complexity index is 812. The number of fused-ring (bicyclic) bond motifs is 1. The van der Waals surface area contributed by atoms with Crippen molar-refractivity contribution < 1.29 is 31.8 Å². The molecule has 0 aromatic carbocycles. The smallest absolute Gasteiger partial charge is 0.345 e. The van der Waals surface area contributed by atoms with Crippen molar-refractivity contribution in [1.82, 2.24) is 14.8 Å². The highest BCUT2D eigenvalue weighted by Gasteiger charge is 2.27. The first-order valence-corrected chi connectivity index (χ1v) is 7.58. The minimum atomic E-state index is -2.93. The lowest BCUT2D eigenvalue weighted by atomic mass is 9.96. The topological polar surface area (TPSA) is 92.3 Å². The fraction of sp³-hybridized carbons (Fsp3) is 0.400. The number of ether oxygens (including phenoxy) is 2. The van der Waals surface area contributed by atoms with Crippen LogP contribution in [0.1, 0.15) is 29.0 Å². The number of aromatic nitrogens is 3. The molecule has 0 saturated heterocycles. The minimum absolute atomic E-state index is 0.0372. The number of primary amides is 1. The minimum Gasteiger partial charge on any atom is -0.472 e. The van der Waals surface area contributed by atoms with E-state index in [1.807, 2.05) is 0 Å². The molecular weight excluding hydrogens is 360 g/mol. The van der Waals surface area contributed by atoms with Crippen LogP contribution in [0.5, 0.6) is 5.88 Å². The molecule has 0 aliphatic carbocycles. The van der Waals surface area contributed by atoms with Crippen LogP contribution >= 0.6 is 0 Å². The molecule has 3 heterocycles. The third kappa shape index (κ3) is 3.77. The Morgan fingerprint density at radius 2 is 2.19 bits per heavy atom. The van der Waals surface area contributed by atoms with Gasteiger partial charge >= 0.3 is 13.2 Å². The second kappa shape index (κ2) is 7.28. The second-order valence-corrected chi connectivity index (χ2v) is 5.56. The van der Waals surface area contributed by atoms with Gasteiger partial charge in [0.15, 0.2) is 0 Å². The first-order chi connectivity index (χ1) is 12.3. The van der Waals surface area contributed by atoms with Gasteiger partial charge in [-0.3, -0.25) is 4.79 Å². The average molecular weight is 374 g/mol. The van der Waals surface area contributed by atoms with Crippen molar-refractivity contribution in [1.29, 1.82) is 0 Å². The predicted molar refractivity (Wildman–Crippen MR) is 79.9 cm³/mol. The maximum absolute atomic E-state index is 12.8. The molecule has 26 heavy (non-hydrogen) atoms. The summed E-state index contributed by atoms with van der Waals surface area (Å²) in [5.74, 6) is -0.805. The summed E-state index contributed by atoms with van der Waals surface area (Å²) in [6, 6.07) is 1.37. The van der Waals surface area contributed by atoms with E-state index in [9.17, 15) is 22.4 Å².